The van der Waals surface area contributed by atoms with E-state index in [9.17, 15) is 0 Å². The average Bonchev–Trinajstić information content (AvgIpc) is 2.81. The molecule has 2 heterocycles. The number of fused-ring (bicyclic) bond motifs is 1. The summed E-state index contributed by atoms with van der Waals surface area (Å²) in [6, 6.07) is 0. The van der Waals surface area contributed by atoms with E-state index in [0.29, 0.717) is 30.0 Å². The molecule has 2 N–H and O–H groups in total. The predicted octanol–water partition coefficient (Wildman–Crippen LogP) is 2.21. The first-order valence-corrected chi connectivity index (χ1v) is 6.28. The largest absolute Gasteiger partial charge is 0.477 e. The van der Waals surface area contributed by atoms with E-state index >= 15 is 0 Å². The van der Waals surface area contributed by atoms with Crippen molar-refractivity contribution in [3.8, 4) is 5.88 Å². The van der Waals surface area contributed by atoms with Gasteiger partial charge in [0.25, 0.3) is 0 Å². The number of ether oxygens (including phenoxy) is 1. The topological polar surface area (TPSA) is 75.7 Å². The SMILES string of the molecule is CCCNc1nc(OCC(C)C)c2cn[nH]c2n1. The van der Waals surface area contributed by atoms with Crippen LogP contribution in [0.4, 0.5) is 5.95 Å². The molecular weight excluding hydrogens is 230 g/mol. The maximum Gasteiger partial charge on any atom is 0.229 e. The third-order valence-corrected chi connectivity index (χ3v) is 2.36. The molecule has 0 aromatic carbocycles. The molecule has 2 rings (SSSR count). The van der Waals surface area contributed by atoms with E-state index in [4.69, 9.17) is 4.74 Å². The molecule has 0 atom stereocenters. The van der Waals surface area contributed by atoms with E-state index in [-0.39, 0.29) is 0 Å². The molecule has 0 spiro atoms. The summed E-state index contributed by atoms with van der Waals surface area (Å²) in [5.41, 5.74) is 0.697. The van der Waals surface area contributed by atoms with Crippen molar-refractivity contribution in [2.24, 2.45) is 5.92 Å². The maximum absolute atomic E-state index is 5.71. The number of hydrogen-bond acceptors (Lipinski definition) is 5. The van der Waals surface area contributed by atoms with Crippen molar-refractivity contribution in [3.05, 3.63) is 6.20 Å². The van der Waals surface area contributed by atoms with Gasteiger partial charge in [0.1, 0.15) is 5.39 Å². The Morgan fingerprint density at radius 1 is 1.39 bits per heavy atom. The van der Waals surface area contributed by atoms with Crippen LogP contribution >= 0.6 is 0 Å². The second-order valence-electron chi connectivity index (χ2n) is 4.62. The molecule has 0 unspecified atom stereocenters. The Kier molecular flexibility index (Phi) is 3.96. The molecule has 6 nitrogen and oxygen atoms in total. The maximum atomic E-state index is 5.71. The highest BCUT2D eigenvalue weighted by atomic mass is 16.5. The van der Waals surface area contributed by atoms with Crippen molar-refractivity contribution in [1.29, 1.82) is 0 Å². The summed E-state index contributed by atoms with van der Waals surface area (Å²) in [6.07, 6.45) is 2.71. The van der Waals surface area contributed by atoms with Crippen LogP contribution in [0.3, 0.4) is 0 Å². The summed E-state index contributed by atoms with van der Waals surface area (Å²) < 4.78 is 5.71. The van der Waals surface area contributed by atoms with Crippen LogP contribution in [0.25, 0.3) is 11.0 Å². The van der Waals surface area contributed by atoms with Crippen molar-refractivity contribution >= 4 is 17.0 Å². The first-order chi connectivity index (χ1) is 8.70. The fourth-order valence-corrected chi connectivity index (χ4v) is 1.48. The predicted molar refractivity (Wildman–Crippen MR) is 70.8 cm³/mol. The first-order valence-electron chi connectivity index (χ1n) is 6.28. The lowest BCUT2D eigenvalue weighted by Gasteiger charge is -2.10. The standard InChI is InChI=1S/C12H19N5O/c1-4-5-13-12-15-10-9(6-14-17-10)11(16-12)18-7-8(2)3/h6,8H,4-5,7H2,1-3H3,(H2,13,14,15,16,17). The fourth-order valence-electron chi connectivity index (χ4n) is 1.48. The molecule has 0 saturated heterocycles. The number of hydrogen-bond donors (Lipinski definition) is 2. The Balaban J connectivity index is 2.26. The zero-order chi connectivity index (χ0) is 13.0. The summed E-state index contributed by atoms with van der Waals surface area (Å²) >= 11 is 0. The number of aromatic nitrogens is 4. The third kappa shape index (κ3) is 2.88. The summed E-state index contributed by atoms with van der Waals surface area (Å²) in [6.45, 7) is 7.76. The molecule has 0 bridgehead atoms. The highest BCUT2D eigenvalue weighted by molar-refractivity contribution is 5.80. The van der Waals surface area contributed by atoms with Crippen LogP contribution in [-0.2, 0) is 0 Å². The Hall–Kier alpha value is -1.85. The zero-order valence-corrected chi connectivity index (χ0v) is 11.0. The minimum Gasteiger partial charge on any atom is -0.477 e. The number of nitrogens with zero attached hydrogens (tertiary/aromatic N) is 3. The van der Waals surface area contributed by atoms with E-state index in [1.54, 1.807) is 6.20 Å². The molecule has 18 heavy (non-hydrogen) atoms. The normalized spacial score (nSPS) is 11.1. The number of rotatable bonds is 6. The summed E-state index contributed by atoms with van der Waals surface area (Å²) in [5.74, 6) is 1.61. The molecule has 0 fully saturated rings. The number of nitrogens with one attached hydrogen (secondary N) is 2. The van der Waals surface area contributed by atoms with Gasteiger partial charge in [-0.15, -0.1) is 0 Å². The summed E-state index contributed by atoms with van der Waals surface area (Å²) in [5, 5.41) is 10.8. The second kappa shape index (κ2) is 5.66. The highest BCUT2D eigenvalue weighted by Crippen LogP contribution is 2.22. The monoisotopic (exact) mass is 249 g/mol. The first kappa shape index (κ1) is 12.6. The van der Waals surface area contributed by atoms with E-state index in [0.717, 1.165) is 18.4 Å². The molecule has 2 aromatic rings. The van der Waals surface area contributed by atoms with Gasteiger partial charge in [-0.25, -0.2) is 0 Å². The van der Waals surface area contributed by atoms with Crippen LogP contribution in [0.2, 0.25) is 0 Å². The highest BCUT2D eigenvalue weighted by Gasteiger charge is 2.10. The van der Waals surface area contributed by atoms with E-state index in [1.165, 1.54) is 0 Å². The minimum atomic E-state index is 0.453. The lowest BCUT2D eigenvalue weighted by molar-refractivity contribution is 0.264. The van der Waals surface area contributed by atoms with Crippen LogP contribution in [0, 0.1) is 5.92 Å². The van der Waals surface area contributed by atoms with Crippen molar-refractivity contribution in [2.45, 2.75) is 27.2 Å². The molecule has 0 radical (unpaired) electrons. The van der Waals surface area contributed by atoms with Crippen LogP contribution in [0.5, 0.6) is 5.88 Å². The van der Waals surface area contributed by atoms with Crippen molar-refractivity contribution in [1.82, 2.24) is 20.2 Å². The minimum absolute atomic E-state index is 0.453. The van der Waals surface area contributed by atoms with Gasteiger partial charge in [-0.3, -0.25) is 5.10 Å². The molecular formula is C12H19N5O. The molecule has 0 aliphatic carbocycles. The molecule has 0 aliphatic heterocycles. The Morgan fingerprint density at radius 3 is 2.94 bits per heavy atom. The van der Waals surface area contributed by atoms with E-state index in [1.807, 2.05) is 0 Å². The van der Waals surface area contributed by atoms with Gasteiger partial charge in [-0.1, -0.05) is 20.8 Å². The van der Waals surface area contributed by atoms with E-state index in [2.05, 4.69) is 46.3 Å². The smallest absolute Gasteiger partial charge is 0.229 e. The second-order valence-corrected chi connectivity index (χ2v) is 4.62. The Labute approximate surface area is 106 Å². The molecule has 6 heteroatoms. The molecule has 0 amide bonds. The van der Waals surface area contributed by atoms with Gasteiger partial charge in [-0.05, 0) is 12.3 Å². The van der Waals surface area contributed by atoms with Gasteiger partial charge in [0, 0.05) is 6.54 Å². The lowest BCUT2D eigenvalue weighted by Crippen LogP contribution is -2.09. The van der Waals surface area contributed by atoms with Gasteiger partial charge in [0.05, 0.1) is 12.8 Å². The van der Waals surface area contributed by atoms with Crippen molar-refractivity contribution < 1.29 is 4.74 Å². The number of aromatic amines is 1. The number of anilines is 1. The van der Waals surface area contributed by atoms with Crippen molar-refractivity contribution in [3.63, 3.8) is 0 Å². The van der Waals surface area contributed by atoms with Gasteiger partial charge in [-0.2, -0.15) is 15.1 Å². The summed E-state index contributed by atoms with van der Waals surface area (Å²) in [7, 11) is 0. The quantitative estimate of drug-likeness (QED) is 0.821. The molecule has 0 saturated carbocycles. The van der Waals surface area contributed by atoms with Gasteiger partial charge < -0.3 is 10.1 Å². The third-order valence-electron chi connectivity index (χ3n) is 2.36. The van der Waals surface area contributed by atoms with Crippen LogP contribution < -0.4 is 10.1 Å². The lowest BCUT2D eigenvalue weighted by atomic mass is 10.2. The Morgan fingerprint density at radius 2 is 2.22 bits per heavy atom. The van der Waals surface area contributed by atoms with Crippen LogP contribution in [-0.4, -0.2) is 33.3 Å². The molecule has 0 aliphatic rings. The van der Waals surface area contributed by atoms with Crippen LogP contribution in [0.15, 0.2) is 6.20 Å². The Bertz CT molecular complexity index is 508. The van der Waals surface area contributed by atoms with Gasteiger partial charge >= 0.3 is 0 Å². The van der Waals surface area contributed by atoms with Crippen LogP contribution in [0.1, 0.15) is 27.2 Å². The summed E-state index contributed by atoms with van der Waals surface area (Å²) in [4.78, 5) is 8.72. The van der Waals surface area contributed by atoms with E-state index < -0.39 is 0 Å². The zero-order valence-electron chi connectivity index (χ0n) is 11.0. The van der Waals surface area contributed by atoms with Crippen molar-refractivity contribution in [2.75, 3.05) is 18.5 Å². The van der Waals surface area contributed by atoms with Gasteiger partial charge in [0.15, 0.2) is 5.65 Å². The average molecular weight is 249 g/mol. The molecule has 98 valence electrons. The number of H-pyrrole nitrogens is 1. The fraction of sp³-hybridized carbons (Fsp3) is 0.583. The van der Waals surface area contributed by atoms with Gasteiger partial charge in [0.2, 0.25) is 11.8 Å². The molecule has 2 aromatic heterocycles.